The number of pyridine rings is 2. The van der Waals surface area contributed by atoms with Crippen molar-refractivity contribution in [2.75, 3.05) is 23.3 Å². The number of carbonyl (C=O) groups is 3. The Morgan fingerprint density at radius 2 is 2.03 bits per heavy atom. The third kappa shape index (κ3) is 4.46. The number of hydrogen-bond acceptors (Lipinski definition) is 7. The lowest BCUT2D eigenvalue weighted by Gasteiger charge is -2.29. The minimum Gasteiger partial charge on any atom is -0.439 e. The smallest absolute Gasteiger partial charge is 0.331 e. The molecule has 0 aliphatic carbocycles. The number of hydrogen-bond donors (Lipinski definition) is 2. The zero-order valence-corrected chi connectivity index (χ0v) is 21.8. The second-order valence-electron chi connectivity index (χ2n) is 9.25. The zero-order valence-electron chi connectivity index (χ0n) is 21.0. The van der Waals surface area contributed by atoms with E-state index in [-0.39, 0.29) is 17.9 Å². The van der Waals surface area contributed by atoms with Crippen molar-refractivity contribution in [3.8, 4) is 11.6 Å². The van der Waals surface area contributed by atoms with Gasteiger partial charge in [-0.2, -0.15) is 0 Å². The van der Waals surface area contributed by atoms with Gasteiger partial charge in [-0.05, 0) is 43.2 Å². The van der Waals surface area contributed by atoms with Crippen molar-refractivity contribution >= 4 is 56.5 Å². The molecule has 3 aromatic heterocycles. The summed E-state index contributed by atoms with van der Waals surface area (Å²) in [6, 6.07) is 12.3. The SMILES string of the molecule is C=CC(=O)N1CC[C@@H](NC(=O)c2sc3nccc4c3c2NC(=O)N4c2cnc(Oc3ccccc3)cc2C)C1. The molecular formula is C28H24N6O4S. The summed E-state index contributed by atoms with van der Waals surface area (Å²) in [5.74, 6) is 0.602. The minimum absolute atomic E-state index is 0.158. The lowest BCUT2D eigenvalue weighted by atomic mass is 10.1. The van der Waals surface area contributed by atoms with E-state index in [2.05, 4.69) is 27.2 Å². The monoisotopic (exact) mass is 540 g/mol. The summed E-state index contributed by atoms with van der Waals surface area (Å²) in [5.41, 5.74) is 2.41. The molecule has 1 aromatic carbocycles. The van der Waals surface area contributed by atoms with Crippen LogP contribution >= 0.6 is 11.3 Å². The molecule has 1 saturated heterocycles. The Morgan fingerprint density at radius 1 is 1.21 bits per heavy atom. The first-order valence-electron chi connectivity index (χ1n) is 12.4. The molecule has 1 fully saturated rings. The largest absolute Gasteiger partial charge is 0.439 e. The summed E-state index contributed by atoms with van der Waals surface area (Å²) in [6.07, 6.45) is 5.14. The lowest BCUT2D eigenvalue weighted by molar-refractivity contribution is -0.125. The van der Waals surface area contributed by atoms with Gasteiger partial charge in [0.05, 0.1) is 28.6 Å². The molecular weight excluding hydrogens is 516 g/mol. The van der Waals surface area contributed by atoms with Crippen LogP contribution in [0.5, 0.6) is 11.6 Å². The molecule has 2 N–H and O–H groups in total. The summed E-state index contributed by atoms with van der Waals surface area (Å²) in [5, 5.41) is 6.59. The van der Waals surface area contributed by atoms with Gasteiger partial charge in [0.2, 0.25) is 11.8 Å². The van der Waals surface area contributed by atoms with Crippen molar-refractivity contribution in [1.29, 1.82) is 0 Å². The average Bonchev–Trinajstić information content (AvgIpc) is 3.55. The quantitative estimate of drug-likeness (QED) is 0.333. The predicted octanol–water partition coefficient (Wildman–Crippen LogP) is 4.99. The molecule has 2 aliphatic heterocycles. The molecule has 1 atom stereocenters. The van der Waals surface area contributed by atoms with Gasteiger partial charge in [-0.3, -0.25) is 14.5 Å². The molecule has 6 rings (SSSR count). The number of rotatable bonds is 6. The number of aromatic nitrogens is 2. The number of thiophene rings is 1. The van der Waals surface area contributed by atoms with Crippen molar-refractivity contribution in [1.82, 2.24) is 20.2 Å². The maximum atomic E-state index is 13.4. The van der Waals surface area contributed by atoms with E-state index in [0.717, 1.165) is 5.56 Å². The Kier molecular flexibility index (Phi) is 6.20. The highest BCUT2D eigenvalue weighted by atomic mass is 32.1. The highest BCUT2D eigenvalue weighted by Gasteiger charge is 2.34. The fourth-order valence-corrected chi connectivity index (χ4v) is 5.89. The number of nitrogens with one attached hydrogen (secondary N) is 2. The maximum absolute atomic E-state index is 13.4. The number of anilines is 3. The Bertz CT molecular complexity index is 1640. The molecule has 4 amide bonds. The van der Waals surface area contributed by atoms with Crippen LogP contribution in [0.3, 0.4) is 0 Å². The number of carbonyl (C=O) groups excluding carboxylic acids is 3. The van der Waals surface area contributed by atoms with Gasteiger partial charge in [0.1, 0.15) is 15.5 Å². The van der Waals surface area contributed by atoms with E-state index in [0.29, 0.717) is 63.3 Å². The fraction of sp³-hybridized carbons (Fsp3) is 0.179. The standard InChI is InChI=1S/C28H24N6O4S/c1-3-22(35)33-12-10-17(15-33)31-26(36)25-24-23-19(9-11-29-27(23)39-25)34(28(37)32-24)20-14-30-21(13-16(20)2)38-18-7-5-4-6-8-18/h3-9,11,13-14,17H,1,10,12,15H2,2H3,(H,31,36)(H,32,37)/t17-/m1/s1. The van der Waals surface area contributed by atoms with Crippen LogP contribution in [-0.4, -0.2) is 51.8 Å². The summed E-state index contributed by atoms with van der Waals surface area (Å²) < 4.78 is 5.84. The molecule has 2 aliphatic rings. The third-order valence-electron chi connectivity index (χ3n) is 6.73. The molecule has 11 heteroatoms. The van der Waals surface area contributed by atoms with Crippen LogP contribution in [-0.2, 0) is 4.79 Å². The van der Waals surface area contributed by atoms with Crippen molar-refractivity contribution in [2.45, 2.75) is 19.4 Å². The highest BCUT2D eigenvalue weighted by Crippen LogP contribution is 2.46. The number of likely N-dealkylation sites (tertiary alicyclic amines) is 1. The minimum atomic E-state index is -0.410. The van der Waals surface area contributed by atoms with Crippen LogP contribution in [0, 0.1) is 6.92 Å². The molecule has 0 bridgehead atoms. The number of ether oxygens (including phenoxy) is 1. The Balaban J connectivity index is 1.29. The third-order valence-corrected chi connectivity index (χ3v) is 7.82. The molecule has 4 aromatic rings. The van der Waals surface area contributed by atoms with E-state index in [9.17, 15) is 14.4 Å². The first kappa shape index (κ1) is 24.6. The molecule has 0 radical (unpaired) electrons. The second-order valence-corrected chi connectivity index (χ2v) is 10.3. The fourth-order valence-electron chi connectivity index (χ4n) is 4.86. The van der Waals surface area contributed by atoms with Crippen LogP contribution in [0.1, 0.15) is 21.7 Å². The van der Waals surface area contributed by atoms with E-state index in [4.69, 9.17) is 4.74 Å². The second kappa shape index (κ2) is 9.84. The number of amides is 4. The van der Waals surface area contributed by atoms with Crippen LogP contribution in [0.15, 0.2) is 67.5 Å². The molecule has 196 valence electrons. The Labute approximate surface area is 227 Å². The molecule has 39 heavy (non-hydrogen) atoms. The van der Waals surface area contributed by atoms with Crippen LogP contribution in [0.25, 0.3) is 10.2 Å². The highest BCUT2D eigenvalue weighted by molar-refractivity contribution is 7.21. The zero-order chi connectivity index (χ0) is 27.1. The lowest BCUT2D eigenvalue weighted by Crippen LogP contribution is -2.39. The number of nitrogens with zero attached hydrogens (tertiary/aromatic N) is 4. The van der Waals surface area contributed by atoms with Gasteiger partial charge in [0, 0.05) is 31.4 Å². The van der Waals surface area contributed by atoms with Gasteiger partial charge in [0.15, 0.2) is 0 Å². The number of benzene rings is 1. The van der Waals surface area contributed by atoms with Crippen molar-refractivity contribution < 1.29 is 19.1 Å². The topological polar surface area (TPSA) is 117 Å². The van der Waals surface area contributed by atoms with Crippen molar-refractivity contribution in [2.24, 2.45) is 0 Å². The van der Waals surface area contributed by atoms with Gasteiger partial charge in [-0.15, -0.1) is 11.3 Å². The van der Waals surface area contributed by atoms with Gasteiger partial charge < -0.3 is 20.3 Å². The molecule has 0 unspecified atom stereocenters. The summed E-state index contributed by atoms with van der Waals surface area (Å²) in [4.78, 5) is 51.7. The summed E-state index contributed by atoms with van der Waals surface area (Å²) >= 11 is 1.22. The van der Waals surface area contributed by atoms with Crippen LogP contribution < -0.4 is 20.3 Å². The van der Waals surface area contributed by atoms with Crippen LogP contribution in [0.4, 0.5) is 21.9 Å². The van der Waals surface area contributed by atoms with E-state index < -0.39 is 6.03 Å². The molecule has 5 heterocycles. The van der Waals surface area contributed by atoms with E-state index in [1.807, 2.05) is 37.3 Å². The van der Waals surface area contributed by atoms with Crippen LogP contribution in [0.2, 0.25) is 0 Å². The first-order chi connectivity index (χ1) is 18.9. The van der Waals surface area contributed by atoms with E-state index in [1.54, 1.807) is 29.4 Å². The molecule has 0 spiro atoms. The number of aryl methyl sites for hydroxylation is 1. The normalized spacial score (nSPS) is 16.2. The van der Waals surface area contributed by atoms with E-state index >= 15 is 0 Å². The van der Waals surface area contributed by atoms with Gasteiger partial charge in [-0.25, -0.2) is 14.8 Å². The average molecular weight is 541 g/mol. The molecule has 0 saturated carbocycles. The van der Waals surface area contributed by atoms with E-state index in [1.165, 1.54) is 22.3 Å². The summed E-state index contributed by atoms with van der Waals surface area (Å²) in [6.45, 7) is 6.37. The van der Waals surface area contributed by atoms with Gasteiger partial charge in [0.25, 0.3) is 5.91 Å². The predicted molar refractivity (Wildman–Crippen MR) is 149 cm³/mol. The van der Waals surface area contributed by atoms with Crippen molar-refractivity contribution in [3.63, 3.8) is 0 Å². The number of urea groups is 1. The Hall–Kier alpha value is -4.77. The van der Waals surface area contributed by atoms with Crippen molar-refractivity contribution in [3.05, 3.63) is 78.0 Å². The van der Waals surface area contributed by atoms with Gasteiger partial charge >= 0.3 is 6.03 Å². The summed E-state index contributed by atoms with van der Waals surface area (Å²) in [7, 11) is 0. The molecule has 10 nitrogen and oxygen atoms in total. The maximum Gasteiger partial charge on any atom is 0.331 e. The Morgan fingerprint density at radius 3 is 2.79 bits per heavy atom. The van der Waals surface area contributed by atoms with Gasteiger partial charge in [-0.1, -0.05) is 24.8 Å². The number of para-hydroxylation sites is 1. The first-order valence-corrected chi connectivity index (χ1v) is 13.2.